The average molecular weight is 276 g/mol. The van der Waals surface area contributed by atoms with Gasteiger partial charge in [0.1, 0.15) is 0 Å². The number of hydrogen-bond donors (Lipinski definition) is 1. The standard InChI is InChI=1S/C12H24N2O3S/c1-4-14(10(3)9-18(16,17)5-2)12(15)11-6-7-13-8-11/h10-11,13H,4-9H2,1-3H3. The van der Waals surface area contributed by atoms with Crippen molar-refractivity contribution in [3.63, 3.8) is 0 Å². The molecule has 0 saturated carbocycles. The van der Waals surface area contributed by atoms with Gasteiger partial charge in [0.15, 0.2) is 9.84 Å². The highest BCUT2D eigenvalue weighted by Crippen LogP contribution is 2.14. The van der Waals surface area contributed by atoms with Gasteiger partial charge in [0.05, 0.1) is 11.7 Å². The molecule has 0 spiro atoms. The number of rotatable bonds is 6. The predicted octanol–water partition coefficient (Wildman–Crippen LogP) is 0.268. The molecule has 6 heteroatoms. The fraction of sp³-hybridized carbons (Fsp3) is 0.917. The Bertz CT molecular complexity index is 375. The lowest BCUT2D eigenvalue weighted by Crippen LogP contribution is -2.45. The van der Waals surface area contributed by atoms with E-state index in [0.29, 0.717) is 13.1 Å². The molecule has 5 nitrogen and oxygen atoms in total. The van der Waals surface area contributed by atoms with Crippen molar-refractivity contribution in [2.24, 2.45) is 5.92 Å². The summed E-state index contributed by atoms with van der Waals surface area (Å²) in [5.74, 6) is 0.287. The zero-order valence-electron chi connectivity index (χ0n) is 11.5. The third-order valence-electron chi connectivity index (χ3n) is 3.50. The molecule has 1 fully saturated rings. The minimum Gasteiger partial charge on any atom is -0.339 e. The van der Waals surface area contributed by atoms with Crippen molar-refractivity contribution in [2.45, 2.75) is 33.2 Å². The second-order valence-corrected chi connectivity index (χ2v) is 7.26. The molecule has 2 unspecified atom stereocenters. The molecule has 0 bridgehead atoms. The van der Waals surface area contributed by atoms with Gasteiger partial charge >= 0.3 is 0 Å². The van der Waals surface area contributed by atoms with E-state index in [2.05, 4.69) is 5.32 Å². The van der Waals surface area contributed by atoms with Gasteiger partial charge in [-0.1, -0.05) is 6.92 Å². The Hall–Kier alpha value is -0.620. The molecule has 1 aliphatic heterocycles. The monoisotopic (exact) mass is 276 g/mol. The summed E-state index contributed by atoms with van der Waals surface area (Å²) in [6.45, 7) is 7.50. The molecule has 2 atom stereocenters. The van der Waals surface area contributed by atoms with Crippen molar-refractivity contribution >= 4 is 15.7 Å². The van der Waals surface area contributed by atoms with Crippen molar-refractivity contribution in [2.75, 3.05) is 31.1 Å². The molecule has 18 heavy (non-hydrogen) atoms. The van der Waals surface area contributed by atoms with Crippen molar-refractivity contribution in [3.8, 4) is 0 Å². The van der Waals surface area contributed by atoms with Crippen LogP contribution in [0.3, 0.4) is 0 Å². The maximum absolute atomic E-state index is 12.3. The van der Waals surface area contributed by atoms with Crippen molar-refractivity contribution < 1.29 is 13.2 Å². The highest BCUT2D eigenvalue weighted by molar-refractivity contribution is 7.91. The molecule has 1 amide bonds. The van der Waals surface area contributed by atoms with Crippen LogP contribution < -0.4 is 5.32 Å². The third kappa shape index (κ3) is 3.95. The topological polar surface area (TPSA) is 66.5 Å². The van der Waals surface area contributed by atoms with E-state index in [1.54, 1.807) is 11.8 Å². The first-order valence-electron chi connectivity index (χ1n) is 6.62. The van der Waals surface area contributed by atoms with Gasteiger partial charge in [0.25, 0.3) is 0 Å². The van der Waals surface area contributed by atoms with E-state index in [0.717, 1.165) is 13.0 Å². The van der Waals surface area contributed by atoms with E-state index in [4.69, 9.17) is 0 Å². The Labute approximate surface area is 110 Å². The van der Waals surface area contributed by atoms with Gasteiger partial charge in [-0.3, -0.25) is 4.79 Å². The van der Waals surface area contributed by atoms with E-state index < -0.39 is 9.84 Å². The Kier molecular flexibility index (Phi) is 5.59. The lowest BCUT2D eigenvalue weighted by Gasteiger charge is -2.30. The smallest absolute Gasteiger partial charge is 0.227 e. The first-order chi connectivity index (χ1) is 8.41. The molecule has 1 heterocycles. The second-order valence-electron chi connectivity index (χ2n) is 4.86. The van der Waals surface area contributed by atoms with Crippen LogP contribution in [0, 0.1) is 5.92 Å². The van der Waals surface area contributed by atoms with Crippen LogP contribution in [-0.2, 0) is 14.6 Å². The van der Waals surface area contributed by atoms with Crippen LogP contribution in [0.4, 0.5) is 0 Å². The summed E-state index contributed by atoms with van der Waals surface area (Å²) >= 11 is 0. The molecule has 1 aliphatic rings. The number of nitrogens with zero attached hydrogens (tertiary/aromatic N) is 1. The van der Waals surface area contributed by atoms with E-state index in [1.807, 2.05) is 13.8 Å². The van der Waals surface area contributed by atoms with Gasteiger partial charge in [-0.05, 0) is 26.8 Å². The molecule has 1 saturated heterocycles. The van der Waals surface area contributed by atoms with Crippen LogP contribution in [0.5, 0.6) is 0 Å². The summed E-state index contributed by atoms with van der Waals surface area (Å²) in [5, 5.41) is 3.16. The number of nitrogens with one attached hydrogen (secondary N) is 1. The quantitative estimate of drug-likeness (QED) is 0.756. The zero-order chi connectivity index (χ0) is 13.8. The number of hydrogen-bond acceptors (Lipinski definition) is 4. The van der Waals surface area contributed by atoms with E-state index in [9.17, 15) is 13.2 Å². The first kappa shape index (κ1) is 15.4. The molecular weight excluding hydrogens is 252 g/mol. The van der Waals surface area contributed by atoms with Gasteiger partial charge < -0.3 is 10.2 Å². The molecule has 0 radical (unpaired) electrons. The first-order valence-corrected chi connectivity index (χ1v) is 8.45. The summed E-state index contributed by atoms with van der Waals surface area (Å²) in [7, 11) is -3.04. The van der Waals surface area contributed by atoms with Gasteiger partial charge in [-0.25, -0.2) is 8.42 Å². The molecular formula is C12H24N2O3S. The highest BCUT2D eigenvalue weighted by Gasteiger charge is 2.30. The normalized spacial score (nSPS) is 21.8. The van der Waals surface area contributed by atoms with Crippen LogP contribution in [0.1, 0.15) is 27.2 Å². The van der Waals surface area contributed by atoms with Crippen LogP contribution in [0.15, 0.2) is 0 Å². The molecule has 1 rings (SSSR count). The van der Waals surface area contributed by atoms with Gasteiger partial charge in [-0.15, -0.1) is 0 Å². The van der Waals surface area contributed by atoms with Crippen LogP contribution in [0.25, 0.3) is 0 Å². The van der Waals surface area contributed by atoms with Crippen LogP contribution in [-0.4, -0.2) is 56.4 Å². The summed E-state index contributed by atoms with van der Waals surface area (Å²) in [4.78, 5) is 14.0. The minimum atomic E-state index is -3.04. The molecule has 0 aromatic rings. The SMILES string of the molecule is CCN(C(=O)C1CCNC1)C(C)CS(=O)(=O)CC. The fourth-order valence-corrected chi connectivity index (χ4v) is 3.51. The fourth-order valence-electron chi connectivity index (χ4n) is 2.36. The molecule has 1 N–H and O–H groups in total. The average Bonchev–Trinajstić information content (AvgIpc) is 2.82. The largest absolute Gasteiger partial charge is 0.339 e. The van der Waals surface area contributed by atoms with E-state index >= 15 is 0 Å². The highest BCUT2D eigenvalue weighted by atomic mass is 32.2. The van der Waals surface area contributed by atoms with E-state index in [1.165, 1.54) is 0 Å². The number of carbonyl (C=O) groups excluding carboxylic acids is 1. The lowest BCUT2D eigenvalue weighted by atomic mass is 10.1. The van der Waals surface area contributed by atoms with Gasteiger partial charge in [0.2, 0.25) is 5.91 Å². The van der Waals surface area contributed by atoms with Crippen molar-refractivity contribution in [3.05, 3.63) is 0 Å². The second kappa shape index (κ2) is 6.52. The van der Waals surface area contributed by atoms with Gasteiger partial charge in [0, 0.05) is 24.9 Å². The summed E-state index contributed by atoms with van der Waals surface area (Å²) in [6, 6.07) is -0.243. The summed E-state index contributed by atoms with van der Waals surface area (Å²) in [6.07, 6.45) is 0.850. The Morgan fingerprint density at radius 3 is 2.56 bits per heavy atom. The summed E-state index contributed by atoms with van der Waals surface area (Å²) < 4.78 is 23.2. The maximum atomic E-state index is 12.3. The van der Waals surface area contributed by atoms with Crippen molar-refractivity contribution in [1.29, 1.82) is 0 Å². The van der Waals surface area contributed by atoms with E-state index in [-0.39, 0.29) is 29.4 Å². The zero-order valence-corrected chi connectivity index (χ0v) is 12.3. The maximum Gasteiger partial charge on any atom is 0.227 e. The molecule has 0 aromatic heterocycles. The Morgan fingerprint density at radius 2 is 2.11 bits per heavy atom. The van der Waals surface area contributed by atoms with Gasteiger partial charge in [-0.2, -0.15) is 0 Å². The Balaban J connectivity index is 2.67. The van der Waals surface area contributed by atoms with Crippen LogP contribution in [0.2, 0.25) is 0 Å². The Morgan fingerprint density at radius 1 is 1.44 bits per heavy atom. The minimum absolute atomic E-state index is 0.0109. The molecule has 0 aliphatic carbocycles. The third-order valence-corrected chi connectivity index (χ3v) is 5.37. The predicted molar refractivity (Wildman–Crippen MR) is 72.2 cm³/mol. The molecule has 0 aromatic carbocycles. The molecule has 106 valence electrons. The number of sulfone groups is 1. The van der Waals surface area contributed by atoms with Crippen LogP contribution >= 0.6 is 0 Å². The number of carbonyl (C=O) groups is 1. The lowest BCUT2D eigenvalue weighted by molar-refractivity contribution is -0.136. The summed E-state index contributed by atoms with van der Waals surface area (Å²) in [5.41, 5.74) is 0. The number of amides is 1. The van der Waals surface area contributed by atoms with Crippen molar-refractivity contribution in [1.82, 2.24) is 10.2 Å².